The number of pyridine rings is 1. The second kappa shape index (κ2) is 10.6. The first-order valence-electron chi connectivity index (χ1n) is 10.5. The number of nitrogens with zero attached hydrogens (tertiary/aromatic N) is 2. The summed E-state index contributed by atoms with van der Waals surface area (Å²) < 4.78 is 18.8. The average Bonchev–Trinajstić information content (AvgIpc) is 3.34. The van der Waals surface area contributed by atoms with E-state index >= 15 is 0 Å². The first kappa shape index (κ1) is 23.6. The molecule has 0 aliphatic carbocycles. The van der Waals surface area contributed by atoms with E-state index in [0.717, 1.165) is 0 Å². The molecule has 3 N–H and O–H groups in total. The van der Waals surface area contributed by atoms with E-state index in [0.29, 0.717) is 33.2 Å². The summed E-state index contributed by atoms with van der Waals surface area (Å²) in [6.45, 7) is -0.366. The zero-order chi connectivity index (χ0) is 24.1. The summed E-state index contributed by atoms with van der Waals surface area (Å²) in [5.41, 5.74) is 3.11. The molecule has 34 heavy (non-hydrogen) atoms. The zero-order valence-corrected chi connectivity index (χ0v) is 19.0. The number of hydrogen-bond acceptors (Lipinski definition) is 5. The van der Waals surface area contributed by atoms with Crippen LogP contribution in [0.1, 0.15) is 22.2 Å². The maximum absolute atomic E-state index is 13.3. The second-order valence-corrected chi connectivity index (χ2v) is 7.92. The minimum absolute atomic E-state index is 0.288. The number of rotatable bonds is 8. The number of ether oxygens (including phenoxy) is 1. The third kappa shape index (κ3) is 4.99. The lowest BCUT2D eigenvalue weighted by Crippen LogP contribution is -2.43. The van der Waals surface area contributed by atoms with E-state index in [1.807, 2.05) is 0 Å². The van der Waals surface area contributed by atoms with E-state index in [1.165, 1.54) is 19.2 Å². The zero-order valence-electron chi connectivity index (χ0n) is 18.2. The van der Waals surface area contributed by atoms with Crippen LogP contribution < -0.4 is 5.32 Å². The van der Waals surface area contributed by atoms with Crippen molar-refractivity contribution in [2.45, 2.75) is 12.1 Å². The lowest BCUT2D eigenvalue weighted by molar-refractivity contribution is 0.0390. The predicted molar refractivity (Wildman–Crippen MR) is 127 cm³/mol. The molecule has 0 fully saturated rings. The number of hydrogen-bond donors (Lipinski definition) is 3. The van der Waals surface area contributed by atoms with Crippen LogP contribution in [0.2, 0.25) is 5.02 Å². The van der Waals surface area contributed by atoms with Gasteiger partial charge in [-0.1, -0.05) is 23.7 Å². The molecule has 0 radical (unpaired) electrons. The van der Waals surface area contributed by atoms with E-state index in [2.05, 4.69) is 20.5 Å². The number of H-pyrrole nitrogens is 1. The molecule has 2 aromatic heterocycles. The fraction of sp³-hybridized carbons (Fsp3) is 0.160. The van der Waals surface area contributed by atoms with E-state index in [4.69, 9.17) is 16.3 Å². The smallest absolute Gasteiger partial charge is 0.252 e. The summed E-state index contributed by atoms with van der Waals surface area (Å²) in [7, 11) is 1.49. The van der Waals surface area contributed by atoms with Crippen LogP contribution >= 0.6 is 11.6 Å². The van der Waals surface area contributed by atoms with Crippen LogP contribution in [-0.2, 0) is 4.74 Å². The van der Waals surface area contributed by atoms with Crippen LogP contribution in [0.5, 0.6) is 0 Å². The molecule has 1 unspecified atom stereocenters. The molecular weight excluding hydrogens is 459 g/mol. The van der Waals surface area contributed by atoms with Crippen LogP contribution in [0, 0.1) is 5.82 Å². The number of nitrogens with one attached hydrogen (secondary N) is 2. The number of halogens is 2. The summed E-state index contributed by atoms with van der Waals surface area (Å²) in [4.78, 5) is 17.6. The summed E-state index contributed by atoms with van der Waals surface area (Å²) in [6.07, 6.45) is 0.957. The number of benzene rings is 2. The largest absolute Gasteiger partial charge is 0.394 e. The van der Waals surface area contributed by atoms with Crippen molar-refractivity contribution < 1.29 is 19.0 Å². The van der Waals surface area contributed by atoms with Crippen molar-refractivity contribution in [1.29, 1.82) is 0 Å². The Balaban J connectivity index is 1.64. The van der Waals surface area contributed by atoms with Crippen molar-refractivity contribution in [2.75, 3.05) is 13.7 Å². The van der Waals surface area contributed by atoms with Gasteiger partial charge >= 0.3 is 0 Å². The van der Waals surface area contributed by atoms with Gasteiger partial charge in [-0.15, -0.1) is 0 Å². The van der Waals surface area contributed by atoms with Gasteiger partial charge in [0.15, 0.2) is 0 Å². The highest BCUT2D eigenvalue weighted by atomic mass is 35.5. The van der Waals surface area contributed by atoms with Crippen LogP contribution in [0.25, 0.3) is 22.5 Å². The molecule has 2 aromatic carbocycles. The molecule has 7 nitrogen and oxygen atoms in total. The molecule has 0 bridgehead atoms. The number of aromatic nitrogens is 3. The summed E-state index contributed by atoms with van der Waals surface area (Å²) >= 11 is 6.48. The normalized spacial score (nSPS) is 12.8. The van der Waals surface area contributed by atoms with E-state index < -0.39 is 18.1 Å². The van der Waals surface area contributed by atoms with Crippen molar-refractivity contribution in [1.82, 2.24) is 20.5 Å². The highest BCUT2D eigenvalue weighted by Crippen LogP contribution is 2.33. The van der Waals surface area contributed by atoms with Gasteiger partial charge in [0.25, 0.3) is 5.91 Å². The van der Waals surface area contributed by atoms with E-state index in [-0.39, 0.29) is 18.0 Å². The first-order chi connectivity index (χ1) is 16.5. The van der Waals surface area contributed by atoms with Gasteiger partial charge in [-0.3, -0.25) is 14.9 Å². The molecule has 9 heteroatoms. The fourth-order valence-electron chi connectivity index (χ4n) is 3.70. The maximum atomic E-state index is 13.3. The molecule has 0 aliphatic rings. The van der Waals surface area contributed by atoms with Crippen molar-refractivity contribution in [3.8, 4) is 22.5 Å². The Hall–Kier alpha value is -3.59. The predicted octanol–water partition coefficient (Wildman–Crippen LogP) is 4.41. The molecule has 0 spiro atoms. The molecular formula is C25H22ClFN4O3. The Labute approximate surface area is 200 Å². The minimum Gasteiger partial charge on any atom is -0.394 e. The quantitative estimate of drug-likeness (QED) is 0.347. The number of aliphatic hydroxyl groups is 1. The SMILES string of the molecule is COC(c1ccccn1)[C@H](CO)NC(=O)c1cccc(Cl)c1-c1cc(-c2ccc(F)cc2)n[nH]1. The lowest BCUT2D eigenvalue weighted by atomic mass is 10.0. The van der Waals surface area contributed by atoms with Crippen LogP contribution in [-0.4, -0.2) is 46.0 Å². The van der Waals surface area contributed by atoms with Gasteiger partial charge in [0.2, 0.25) is 0 Å². The molecule has 4 aromatic rings. The van der Waals surface area contributed by atoms with Crippen molar-refractivity contribution >= 4 is 17.5 Å². The topological polar surface area (TPSA) is 100 Å². The monoisotopic (exact) mass is 480 g/mol. The highest BCUT2D eigenvalue weighted by Gasteiger charge is 2.27. The number of amides is 1. The van der Waals surface area contributed by atoms with Gasteiger partial charge in [-0.25, -0.2) is 4.39 Å². The molecule has 4 rings (SSSR count). The van der Waals surface area contributed by atoms with E-state index in [9.17, 15) is 14.3 Å². The summed E-state index contributed by atoms with van der Waals surface area (Å²) in [5.74, 6) is -0.796. The number of carbonyl (C=O) groups excluding carboxylic acids is 1. The second-order valence-electron chi connectivity index (χ2n) is 7.51. The van der Waals surface area contributed by atoms with Gasteiger partial charge in [0.1, 0.15) is 11.9 Å². The Morgan fingerprint density at radius 2 is 1.97 bits per heavy atom. The van der Waals surface area contributed by atoms with Gasteiger partial charge in [-0.05, 0) is 54.6 Å². The molecule has 1 amide bonds. The molecule has 0 aliphatic heterocycles. The Bertz CT molecular complexity index is 1260. The maximum Gasteiger partial charge on any atom is 0.252 e. The number of carbonyl (C=O) groups is 1. The van der Waals surface area contributed by atoms with Crippen LogP contribution in [0.4, 0.5) is 4.39 Å². The van der Waals surface area contributed by atoms with Crippen LogP contribution in [0.3, 0.4) is 0 Å². The Morgan fingerprint density at radius 3 is 2.65 bits per heavy atom. The van der Waals surface area contributed by atoms with Crippen molar-refractivity contribution in [3.63, 3.8) is 0 Å². The Morgan fingerprint density at radius 1 is 1.18 bits per heavy atom. The standard InChI is InChI=1S/C25H22ClFN4O3/c1-34-24(19-7-2-3-12-28-19)22(14-32)29-25(33)17-5-4-6-18(26)23(17)21-13-20(30-31-21)15-8-10-16(27)11-9-15/h2-13,22,24,32H,14H2,1H3,(H,29,33)(H,30,31)/t22-,24?/m0/s1. The first-order valence-corrected chi connectivity index (χ1v) is 10.8. The van der Waals surface area contributed by atoms with Gasteiger partial charge < -0.3 is 15.2 Å². The molecule has 2 heterocycles. The van der Waals surface area contributed by atoms with E-state index in [1.54, 1.807) is 60.8 Å². The summed E-state index contributed by atoms with van der Waals surface area (Å²) in [5, 5.41) is 20.3. The fourth-order valence-corrected chi connectivity index (χ4v) is 3.98. The average molecular weight is 481 g/mol. The molecule has 0 saturated carbocycles. The van der Waals surface area contributed by atoms with Crippen molar-refractivity contribution in [2.24, 2.45) is 0 Å². The summed E-state index contributed by atoms with van der Waals surface area (Å²) in [6, 6.07) is 17.2. The number of aromatic amines is 1. The Kier molecular flexibility index (Phi) is 7.32. The minimum atomic E-state index is -0.754. The van der Waals surface area contributed by atoms with Gasteiger partial charge in [-0.2, -0.15) is 5.10 Å². The number of methoxy groups -OCH3 is 1. The molecule has 174 valence electrons. The highest BCUT2D eigenvalue weighted by molar-refractivity contribution is 6.34. The molecule has 0 saturated heterocycles. The number of aliphatic hydroxyl groups excluding tert-OH is 1. The van der Waals surface area contributed by atoms with Gasteiger partial charge in [0, 0.05) is 24.4 Å². The third-order valence-electron chi connectivity index (χ3n) is 5.36. The molecule has 2 atom stereocenters. The van der Waals surface area contributed by atoms with Gasteiger partial charge in [0.05, 0.1) is 40.3 Å². The van der Waals surface area contributed by atoms with Crippen LogP contribution in [0.15, 0.2) is 72.9 Å². The van der Waals surface area contributed by atoms with Crippen molar-refractivity contribution in [3.05, 3.63) is 95.0 Å². The third-order valence-corrected chi connectivity index (χ3v) is 5.67. The lowest BCUT2D eigenvalue weighted by Gasteiger charge is -2.25.